The molecule has 0 amide bonds. The molecule has 7 heteroatoms. The van der Waals surface area contributed by atoms with Crippen LogP contribution in [0.15, 0.2) is 41.3 Å². The van der Waals surface area contributed by atoms with Crippen LogP contribution in [0.4, 0.5) is 0 Å². The Kier molecular flexibility index (Phi) is 3.75. The van der Waals surface area contributed by atoms with E-state index in [1.54, 1.807) is 10.6 Å². The molecule has 1 aliphatic rings. The zero-order valence-corrected chi connectivity index (χ0v) is 15.1. The van der Waals surface area contributed by atoms with E-state index in [-0.39, 0.29) is 5.43 Å². The van der Waals surface area contributed by atoms with Gasteiger partial charge in [0.15, 0.2) is 5.69 Å². The van der Waals surface area contributed by atoms with E-state index in [4.69, 9.17) is 4.98 Å². The fourth-order valence-electron chi connectivity index (χ4n) is 3.76. The molecule has 4 aromatic heterocycles. The van der Waals surface area contributed by atoms with Gasteiger partial charge in [0.2, 0.25) is 5.43 Å². The first kappa shape index (κ1) is 16.1. The molecular weight excluding hydrogens is 340 g/mol. The molecule has 27 heavy (non-hydrogen) atoms. The summed E-state index contributed by atoms with van der Waals surface area (Å²) in [5.41, 5.74) is 5.14. The Morgan fingerprint density at radius 3 is 2.70 bits per heavy atom. The van der Waals surface area contributed by atoms with Gasteiger partial charge in [-0.3, -0.25) is 9.78 Å². The van der Waals surface area contributed by atoms with Crippen molar-refractivity contribution in [1.29, 1.82) is 0 Å². The average molecular weight is 360 g/mol. The predicted molar refractivity (Wildman–Crippen MR) is 104 cm³/mol. The summed E-state index contributed by atoms with van der Waals surface area (Å²) >= 11 is 0. The Morgan fingerprint density at radius 2 is 1.85 bits per heavy atom. The van der Waals surface area contributed by atoms with Gasteiger partial charge in [-0.1, -0.05) is 0 Å². The van der Waals surface area contributed by atoms with Gasteiger partial charge in [-0.2, -0.15) is 5.10 Å². The number of aryl methyl sites for hydroxylation is 1. The fourth-order valence-corrected chi connectivity index (χ4v) is 3.76. The molecule has 7 nitrogen and oxygen atoms in total. The minimum atomic E-state index is -0.150. The van der Waals surface area contributed by atoms with Gasteiger partial charge in [-0.05, 0) is 57.1 Å². The van der Waals surface area contributed by atoms with Gasteiger partial charge >= 0.3 is 0 Å². The van der Waals surface area contributed by atoms with Crippen LogP contribution in [0.2, 0.25) is 0 Å². The van der Waals surface area contributed by atoms with Crippen molar-refractivity contribution in [2.75, 3.05) is 13.1 Å². The number of hydrogen-bond donors (Lipinski definition) is 2. The van der Waals surface area contributed by atoms with Crippen LogP contribution >= 0.6 is 0 Å². The summed E-state index contributed by atoms with van der Waals surface area (Å²) in [4.78, 5) is 25.0. The molecule has 1 fully saturated rings. The van der Waals surface area contributed by atoms with E-state index in [2.05, 4.69) is 26.4 Å². The molecule has 5 heterocycles. The molecule has 136 valence electrons. The van der Waals surface area contributed by atoms with Crippen LogP contribution in [0.5, 0.6) is 0 Å². The van der Waals surface area contributed by atoms with E-state index in [0.717, 1.165) is 48.4 Å². The Labute approximate surface area is 155 Å². The number of H-pyrrole nitrogens is 1. The van der Waals surface area contributed by atoms with Gasteiger partial charge in [-0.15, -0.1) is 0 Å². The third-order valence-electron chi connectivity index (χ3n) is 5.16. The van der Waals surface area contributed by atoms with Crippen LogP contribution in [-0.4, -0.2) is 37.7 Å². The van der Waals surface area contributed by atoms with Gasteiger partial charge in [-0.25, -0.2) is 9.50 Å². The first-order valence-corrected chi connectivity index (χ1v) is 9.25. The van der Waals surface area contributed by atoms with Gasteiger partial charge < -0.3 is 10.3 Å². The molecule has 0 aromatic carbocycles. The highest BCUT2D eigenvalue weighted by atomic mass is 16.1. The predicted octanol–water partition coefficient (Wildman–Crippen LogP) is 2.41. The van der Waals surface area contributed by atoms with Crippen molar-refractivity contribution in [2.24, 2.45) is 0 Å². The highest BCUT2D eigenvalue weighted by Gasteiger charge is 2.17. The second kappa shape index (κ2) is 6.28. The second-order valence-electron chi connectivity index (χ2n) is 7.12. The van der Waals surface area contributed by atoms with E-state index in [0.29, 0.717) is 23.0 Å². The Bertz CT molecular complexity index is 1200. The summed E-state index contributed by atoms with van der Waals surface area (Å²) in [6.45, 7) is 4.01. The topological polar surface area (TPSA) is 88.0 Å². The molecular formula is C20H20N6O. The maximum absolute atomic E-state index is 12.5. The summed E-state index contributed by atoms with van der Waals surface area (Å²) in [5.74, 6) is 0.501. The first-order valence-electron chi connectivity index (χ1n) is 9.25. The van der Waals surface area contributed by atoms with Crippen LogP contribution in [-0.2, 0) is 0 Å². The van der Waals surface area contributed by atoms with Crippen LogP contribution in [0, 0.1) is 6.92 Å². The molecule has 4 aromatic rings. The molecule has 0 radical (unpaired) electrons. The largest absolute Gasteiger partial charge is 0.342 e. The number of nitrogens with one attached hydrogen (secondary N) is 2. The highest BCUT2D eigenvalue weighted by Crippen LogP contribution is 2.25. The number of rotatable bonds is 2. The smallest absolute Gasteiger partial charge is 0.211 e. The first-order chi connectivity index (χ1) is 13.2. The molecule has 0 spiro atoms. The summed E-state index contributed by atoms with van der Waals surface area (Å²) in [7, 11) is 0. The third kappa shape index (κ3) is 2.90. The van der Waals surface area contributed by atoms with Crippen molar-refractivity contribution in [3.8, 4) is 11.4 Å². The maximum Gasteiger partial charge on any atom is 0.211 e. The van der Waals surface area contributed by atoms with Gasteiger partial charge in [0.1, 0.15) is 5.65 Å². The number of fused-ring (bicyclic) bond motifs is 2. The molecule has 0 aliphatic carbocycles. The van der Waals surface area contributed by atoms with Crippen molar-refractivity contribution in [3.05, 3.63) is 58.1 Å². The summed E-state index contributed by atoms with van der Waals surface area (Å²) in [6, 6.07) is 9.38. The molecule has 5 rings (SSSR count). The zero-order valence-electron chi connectivity index (χ0n) is 15.1. The maximum atomic E-state index is 12.5. The van der Waals surface area contributed by atoms with E-state index in [1.807, 2.05) is 31.3 Å². The van der Waals surface area contributed by atoms with Crippen LogP contribution in [0.1, 0.15) is 30.1 Å². The standard InChI is InChI=1S/C20H20N6O/c1-12-11-26-19(22-12)10-18(27)20(25-26)17-5-4-15-16(24-17)3-2-14(23-15)13-6-8-21-9-7-13/h2-5,10-11,13,21-22H,6-9H2,1H3. The number of aromatic nitrogens is 5. The van der Waals surface area contributed by atoms with Crippen LogP contribution in [0.3, 0.4) is 0 Å². The number of nitrogens with zero attached hydrogens (tertiary/aromatic N) is 4. The summed E-state index contributed by atoms with van der Waals surface area (Å²) in [5, 5.41) is 7.83. The van der Waals surface area contributed by atoms with E-state index < -0.39 is 0 Å². The van der Waals surface area contributed by atoms with Crippen molar-refractivity contribution >= 4 is 16.7 Å². The summed E-state index contributed by atoms with van der Waals surface area (Å²) < 4.78 is 1.68. The minimum Gasteiger partial charge on any atom is -0.342 e. The van der Waals surface area contributed by atoms with Crippen LogP contribution in [0.25, 0.3) is 28.1 Å². The number of aromatic amines is 1. The second-order valence-corrected chi connectivity index (χ2v) is 7.12. The lowest BCUT2D eigenvalue weighted by molar-refractivity contribution is 0.454. The van der Waals surface area contributed by atoms with Gasteiger partial charge in [0, 0.05) is 29.6 Å². The zero-order chi connectivity index (χ0) is 18.4. The average Bonchev–Trinajstić information content (AvgIpc) is 3.06. The third-order valence-corrected chi connectivity index (χ3v) is 5.16. The van der Waals surface area contributed by atoms with Crippen molar-refractivity contribution in [3.63, 3.8) is 0 Å². The van der Waals surface area contributed by atoms with Crippen molar-refractivity contribution in [1.82, 2.24) is 29.9 Å². The molecule has 0 bridgehead atoms. The number of pyridine rings is 2. The number of imidazole rings is 1. The molecule has 0 unspecified atom stereocenters. The quantitative estimate of drug-likeness (QED) is 0.573. The molecule has 1 saturated heterocycles. The Hall–Kier alpha value is -3.06. The van der Waals surface area contributed by atoms with Gasteiger partial charge in [0.05, 0.1) is 16.7 Å². The van der Waals surface area contributed by atoms with E-state index in [1.165, 1.54) is 0 Å². The van der Waals surface area contributed by atoms with Gasteiger partial charge in [0.25, 0.3) is 0 Å². The van der Waals surface area contributed by atoms with Crippen molar-refractivity contribution in [2.45, 2.75) is 25.7 Å². The number of hydrogen-bond acceptors (Lipinski definition) is 5. The van der Waals surface area contributed by atoms with Crippen molar-refractivity contribution < 1.29 is 0 Å². The SMILES string of the molecule is Cc1cn2nc(-c3ccc4nc(C5CCNCC5)ccc4n3)c(=O)cc2[nH]1. The lowest BCUT2D eigenvalue weighted by Crippen LogP contribution is -2.27. The highest BCUT2D eigenvalue weighted by molar-refractivity contribution is 5.77. The fraction of sp³-hybridized carbons (Fsp3) is 0.300. The molecule has 0 saturated carbocycles. The number of piperidine rings is 1. The Balaban J connectivity index is 1.56. The molecule has 1 aliphatic heterocycles. The minimum absolute atomic E-state index is 0.150. The lowest BCUT2D eigenvalue weighted by Gasteiger charge is -2.22. The molecule has 2 N–H and O–H groups in total. The lowest BCUT2D eigenvalue weighted by atomic mass is 9.94. The summed E-state index contributed by atoms with van der Waals surface area (Å²) in [6.07, 6.45) is 4.08. The Morgan fingerprint density at radius 1 is 1.07 bits per heavy atom. The monoisotopic (exact) mass is 360 g/mol. The van der Waals surface area contributed by atoms with E-state index in [9.17, 15) is 4.79 Å². The van der Waals surface area contributed by atoms with E-state index >= 15 is 0 Å². The molecule has 0 atom stereocenters. The normalized spacial score (nSPS) is 15.6. The van der Waals surface area contributed by atoms with Crippen LogP contribution < -0.4 is 10.7 Å².